The summed E-state index contributed by atoms with van der Waals surface area (Å²) in [6.07, 6.45) is 3.98. The van der Waals surface area contributed by atoms with E-state index in [0.717, 1.165) is 25.1 Å². The zero-order valence-electron chi connectivity index (χ0n) is 16.6. The van der Waals surface area contributed by atoms with Crippen molar-refractivity contribution in [2.75, 3.05) is 32.4 Å². The molecule has 6 heteroatoms. The highest BCUT2D eigenvalue weighted by molar-refractivity contribution is 5.82. The van der Waals surface area contributed by atoms with Gasteiger partial charge in [-0.1, -0.05) is 29.8 Å². The van der Waals surface area contributed by atoms with E-state index in [1.165, 1.54) is 18.2 Å². The van der Waals surface area contributed by atoms with Gasteiger partial charge in [0, 0.05) is 25.8 Å². The highest BCUT2D eigenvalue weighted by atomic mass is 16.6. The number of benzene rings is 1. The largest absolute Gasteiger partial charge is 0.469 e. The Kier molecular flexibility index (Phi) is 3.27. The number of ether oxygens (including phenoxy) is 3. The first-order valence-corrected chi connectivity index (χ1v) is 10.2. The van der Waals surface area contributed by atoms with Gasteiger partial charge in [-0.05, 0) is 30.9 Å². The first-order valence-electron chi connectivity index (χ1n) is 10.2. The van der Waals surface area contributed by atoms with Crippen LogP contribution in [0.4, 0.5) is 5.69 Å². The fourth-order valence-corrected chi connectivity index (χ4v) is 7.34. The summed E-state index contributed by atoms with van der Waals surface area (Å²) in [5, 5.41) is 0. The van der Waals surface area contributed by atoms with Crippen LogP contribution in [0.3, 0.4) is 0 Å². The van der Waals surface area contributed by atoms with Gasteiger partial charge in [0.15, 0.2) is 5.72 Å². The maximum atomic E-state index is 13.3. The summed E-state index contributed by atoms with van der Waals surface area (Å²) in [5.74, 6) is -0.152. The van der Waals surface area contributed by atoms with Gasteiger partial charge in [0.2, 0.25) is 0 Å². The van der Waals surface area contributed by atoms with Crippen LogP contribution in [-0.4, -0.2) is 56.4 Å². The molecule has 0 aromatic heterocycles. The van der Waals surface area contributed by atoms with E-state index in [2.05, 4.69) is 47.1 Å². The first-order chi connectivity index (χ1) is 13.6. The lowest BCUT2D eigenvalue weighted by Gasteiger charge is -2.61. The third-order valence-electron chi connectivity index (χ3n) is 8.09. The highest BCUT2D eigenvalue weighted by Crippen LogP contribution is 2.74. The Balaban J connectivity index is 1.67. The van der Waals surface area contributed by atoms with Gasteiger partial charge < -0.3 is 19.1 Å². The molecule has 1 aliphatic carbocycles. The molecule has 0 amide bonds. The lowest BCUT2D eigenvalue weighted by atomic mass is 9.49. The van der Waals surface area contributed by atoms with Crippen LogP contribution in [-0.2, 0) is 24.4 Å². The van der Waals surface area contributed by atoms with Crippen molar-refractivity contribution in [1.29, 1.82) is 0 Å². The molecule has 0 radical (unpaired) electrons. The van der Waals surface area contributed by atoms with Gasteiger partial charge in [-0.3, -0.25) is 9.69 Å². The zero-order valence-corrected chi connectivity index (χ0v) is 16.6. The molecule has 0 N–H and O–H groups in total. The van der Waals surface area contributed by atoms with E-state index >= 15 is 0 Å². The van der Waals surface area contributed by atoms with E-state index in [1.807, 2.05) is 0 Å². The minimum absolute atomic E-state index is 0.0288. The smallest absolute Gasteiger partial charge is 0.310 e. The average Bonchev–Trinajstić information content (AvgIpc) is 3.32. The van der Waals surface area contributed by atoms with Crippen molar-refractivity contribution in [3.63, 3.8) is 0 Å². The van der Waals surface area contributed by atoms with E-state index in [0.29, 0.717) is 6.73 Å². The molecule has 3 saturated heterocycles. The summed E-state index contributed by atoms with van der Waals surface area (Å²) in [5.41, 5.74) is 2.73. The van der Waals surface area contributed by atoms with Crippen molar-refractivity contribution < 1.29 is 19.0 Å². The number of methoxy groups -OCH3 is 2. The molecule has 4 heterocycles. The lowest BCUT2D eigenvalue weighted by Crippen LogP contribution is -2.75. The number of hydrogen-bond donors (Lipinski definition) is 0. The van der Waals surface area contributed by atoms with E-state index < -0.39 is 11.1 Å². The number of para-hydroxylation sites is 1. The Hall–Kier alpha value is -1.89. The number of esters is 1. The SMILES string of the molecule is CC=C1CN2[C@@H]3C[C@@]45c6ccccc6N(COC)[C@]4(O3)[C@@H]2CC1C5C(=O)OC. The molecule has 6 nitrogen and oxygen atoms in total. The van der Waals surface area contributed by atoms with Crippen molar-refractivity contribution in [3.05, 3.63) is 41.5 Å². The van der Waals surface area contributed by atoms with E-state index in [-0.39, 0.29) is 30.1 Å². The van der Waals surface area contributed by atoms with Crippen molar-refractivity contribution in [1.82, 2.24) is 4.90 Å². The van der Waals surface area contributed by atoms with Crippen LogP contribution in [0, 0.1) is 11.8 Å². The molecule has 6 atom stereocenters. The van der Waals surface area contributed by atoms with Crippen LogP contribution in [0.25, 0.3) is 0 Å². The van der Waals surface area contributed by atoms with Gasteiger partial charge >= 0.3 is 5.97 Å². The summed E-state index contributed by atoms with van der Waals surface area (Å²) in [6.45, 7) is 3.41. The first kappa shape index (κ1) is 17.0. The van der Waals surface area contributed by atoms with E-state index in [9.17, 15) is 4.79 Å². The third-order valence-corrected chi connectivity index (χ3v) is 8.09. The summed E-state index contributed by atoms with van der Waals surface area (Å²) >= 11 is 0. The lowest BCUT2D eigenvalue weighted by molar-refractivity contribution is -0.164. The minimum atomic E-state index is -0.564. The van der Waals surface area contributed by atoms with Crippen molar-refractivity contribution in [3.8, 4) is 0 Å². The maximum absolute atomic E-state index is 13.3. The standard InChI is InChI=1S/C22H26N2O4/c1-4-13-11-23-17-9-14(13)19(20(25)27-3)21-10-18(23)28-22(17,21)24(12-26-2)16-8-6-5-7-15(16)21/h4-8,14,17-19H,9-12H2,1-3H3/t14?,17-,18-,19?,21-,22-/m0/s1. The molecule has 4 fully saturated rings. The van der Waals surface area contributed by atoms with Crippen LogP contribution in [0.5, 0.6) is 0 Å². The maximum Gasteiger partial charge on any atom is 0.310 e. The van der Waals surface area contributed by atoms with Crippen LogP contribution in [0.2, 0.25) is 0 Å². The molecule has 2 unspecified atom stereocenters. The van der Waals surface area contributed by atoms with Gasteiger partial charge in [0.1, 0.15) is 13.0 Å². The Labute approximate surface area is 165 Å². The second-order valence-electron chi connectivity index (χ2n) is 8.70. The Morgan fingerprint density at radius 3 is 2.93 bits per heavy atom. The van der Waals surface area contributed by atoms with Crippen LogP contribution in [0.1, 0.15) is 25.3 Å². The van der Waals surface area contributed by atoms with E-state index in [4.69, 9.17) is 14.2 Å². The van der Waals surface area contributed by atoms with E-state index in [1.54, 1.807) is 7.11 Å². The normalized spacial score (nSPS) is 43.5. The molecular formula is C22H26N2O4. The Morgan fingerprint density at radius 2 is 2.18 bits per heavy atom. The molecular weight excluding hydrogens is 356 g/mol. The molecule has 4 aliphatic heterocycles. The predicted molar refractivity (Wildman–Crippen MR) is 103 cm³/mol. The number of piperidine rings is 2. The number of rotatable bonds is 3. The summed E-state index contributed by atoms with van der Waals surface area (Å²) < 4.78 is 17.9. The van der Waals surface area contributed by atoms with Gasteiger partial charge in [0.05, 0.1) is 24.5 Å². The minimum Gasteiger partial charge on any atom is -0.469 e. The quantitative estimate of drug-likeness (QED) is 0.590. The second kappa shape index (κ2) is 5.38. The average molecular weight is 382 g/mol. The van der Waals surface area contributed by atoms with Gasteiger partial charge in [-0.15, -0.1) is 0 Å². The Morgan fingerprint density at radius 1 is 1.36 bits per heavy atom. The number of fused-ring (bicyclic) bond motifs is 4. The fourth-order valence-electron chi connectivity index (χ4n) is 7.34. The molecule has 148 valence electrons. The van der Waals surface area contributed by atoms with Crippen LogP contribution < -0.4 is 4.90 Å². The number of allylic oxidation sites excluding steroid dienone is 1. The molecule has 6 rings (SSSR count). The second-order valence-corrected chi connectivity index (χ2v) is 8.70. The summed E-state index contributed by atoms with van der Waals surface area (Å²) in [4.78, 5) is 18.1. The zero-order chi connectivity index (χ0) is 19.3. The van der Waals surface area contributed by atoms with Crippen molar-refractivity contribution in [2.24, 2.45) is 11.8 Å². The number of nitrogens with zero attached hydrogens (tertiary/aromatic N) is 2. The van der Waals surface area contributed by atoms with Gasteiger partial charge in [0.25, 0.3) is 0 Å². The van der Waals surface area contributed by atoms with Crippen molar-refractivity contribution in [2.45, 2.75) is 43.2 Å². The number of anilines is 1. The molecule has 4 bridgehead atoms. The van der Waals surface area contributed by atoms with Crippen LogP contribution in [0.15, 0.2) is 35.9 Å². The topological polar surface area (TPSA) is 51.2 Å². The predicted octanol–water partition coefficient (Wildman–Crippen LogP) is 2.24. The van der Waals surface area contributed by atoms with Crippen molar-refractivity contribution >= 4 is 11.7 Å². The molecule has 1 saturated carbocycles. The third kappa shape index (κ3) is 1.55. The van der Waals surface area contributed by atoms with Gasteiger partial charge in [-0.25, -0.2) is 0 Å². The van der Waals surface area contributed by atoms with Gasteiger partial charge in [-0.2, -0.15) is 0 Å². The molecule has 1 aromatic rings. The molecule has 1 aromatic carbocycles. The summed E-state index contributed by atoms with van der Waals surface area (Å²) in [6, 6.07) is 8.73. The highest BCUT2D eigenvalue weighted by Gasteiger charge is 2.84. The monoisotopic (exact) mass is 382 g/mol. The summed E-state index contributed by atoms with van der Waals surface area (Å²) in [7, 11) is 3.24. The van der Waals surface area contributed by atoms with Crippen LogP contribution >= 0.6 is 0 Å². The Bertz CT molecular complexity index is 900. The number of carbonyl (C=O) groups excluding carboxylic acids is 1. The fraction of sp³-hybridized carbons (Fsp3) is 0.591. The number of carbonyl (C=O) groups is 1. The molecule has 28 heavy (non-hydrogen) atoms. The molecule has 5 aliphatic rings. The molecule has 1 spiro atoms. The number of hydrogen-bond acceptors (Lipinski definition) is 6.